The molecular formula is C5H8N2O2. The molecule has 0 spiro atoms. The van der Waals surface area contributed by atoms with Crippen LogP contribution in [0.3, 0.4) is 0 Å². The molecule has 0 fully saturated rings. The van der Waals surface area contributed by atoms with Crippen LogP contribution in [-0.2, 0) is 4.84 Å². The molecule has 0 aliphatic carbocycles. The smallest absolute Gasteiger partial charge is 0.224 e. The summed E-state index contributed by atoms with van der Waals surface area (Å²) in [5.74, 6) is 5.36. The molecule has 0 bridgehead atoms. The Balaban J connectivity index is 2.65. The molecule has 1 heterocycles. The third-order valence-corrected chi connectivity index (χ3v) is 1.00. The average Bonchev–Trinajstić information content (AvgIpc) is 2.37. The number of hydrogen-bond donors (Lipinski definition) is 1. The van der Waals surface area contributed by atoms with E-state index in [0.29, 0.717) is 5.89 Å². The Morgan fingerprint density at radius 3 is 3.11 bits per heavy atom. The van der Waals surface area contributed by atoms with Crippen molar-refractivity contribution < 1.29 is 9.25 Å². The molecule has 50 valence electrons. The molecule has 0 aliphatic heterocycles. The SMILES string of the molecule is CC(ON)c1ncco1. The summed E-state index contributed by atoms with van der Waals surface area (Å²) in [6, 6.07) is 0. The first-order chi connectivity index (χ1) is 4.34. The van der Waals surface area contributed by atoms with Crippen LogP contribution in [0.15, 0.2) is 16.9 Å². The van der Waals surface area contributed by atoms with Gasteiger partial charge >= 0.3 is 0 Å². The van der Waals surface area contributed by atoms with Gasteiger partial charge in [-0.2, -0.15) is 0 Å². The predicted octanol–water partition coefficient (Wildman–Crippen LogP) is 0.626. The van der Waals surface area contributed by atoms with Crippen LogP contribution < -0.4 is 5.90 Å². The fourth-order valence-electron chi connectivity index (χ4n) is 0.493. The van der Waals surface area contributed by atoms with E-state index in [1.165, 1.54) is 6.26 Å². The monoisotopic (exact) mass is 128 g/mol. The lowest BCUT2D eigenvalue weighted by Crippen LogP contribution is -2.05. The van der Waals surface area contributed by atoms with Crippen molar-refractivity contribution in [1.29, 1.82) is 0 Å². The lowest BCUT2D eigenvalue weighted by atomic mass is 10.4. The van der Waals surface area contributed by atoms with Crippen molar-refractivity contribution in [2.75, 3.05) is 0 Å². The summed E-state index contributed by atoms with van der Waals surface area (Å²) in [6.45, 7) is 1.76. The molecule has 0 saturated heterocycles. The summed E-state index contributed by atoms with van der Waals surface area (Å²) in [7, 11) is 0. The highest BCUT2D eigenvalue weighted by molar-refractivity contribution is 4.82. The Morgan fingerprint density at radius 2 is 2.67 bits per heavy atom. The molecule has 0 radical (unpaired) electrons. The van der Waals surface area contributed by atoms with E-state index in [9.17, 15) is 0 Å². The summed E-state index contributed by atoms with van der Waals surface area (Å²) in [5.41, 5.74) is 0. The van der Waals surface area contributed by atoms with Crippen LogP contribution in [0.2, 0.25) is 0 Å². The summed E-state index contributed by atoms with van der Waals surface area (Å²) < 4.78 is 4.87. The van der Waals surface area contributed by atoms with Gasteiger partial charge in [0.25, 0.3) is 0 Å². The Bertz CT molecular complexity index is 161. The highest BCUT2D eigenvalue weighted by Gasteiger charge is 2.07. The average molecular weight is 128 g/mol. The topological polar surface area (TPSA) is 61.3 Å². The second-order valence-electron chi connectivity index (χ2n) is 1.65. The van der Waals surface area contributed by atoms with Gasteiger partial charge in [-0.1, -0.05) is 0 Å². The number of nitrogens with two attached hydrogens (primary N) is 1. The molecule has 1 unspecified atom stereocenters. The zero-order valence-corrected chi connectivity index (χ0v) is 5.07. The van der Waals surface area contributed by atoms with E-state index in [-0.39, 0.29) is 6.10 Å². The van der Waals surface area contributed by atoms with E-state index >= 15 is 0 Å². The molecule has 0 aromatic carbocycles. The Morgan fingerprint density at radius 1 is 1.89 bits per heavy atom. The van der Waals surface area contributed by atoms with Crippen molar-refractivity contribution >= 4 is 0 Å². The predicted molar refractivity (Wildman–Crippen MR) is 30.2 cm³/mol. The van der Waals surface area contributed by atoms with E-state index in [0.717, 1.165) is 0 Å². The van der Waals surface area contributed by atoms with Crippen molar-refractivity contribution in [2.24, 2.45) is 5.90 Å². The number of oxazole rings is 1. The van der Waals surface area contributed by atoms with Gasteiger partial charge in [-0.05, 0) is 6.92 Å². The Labute approximate surface area is 52.6 Å². The molecule has 0 amide bonds. The summed E-state index contributed by atoms with van der Waals surface area (Å²) in [5, 5.41) is 0. The number of hydrogen-bond acceptors (Lipinski definition) is 4. The van der Waals surface area contributed by atoms with Crippen LogP contribution in [0.25, 0.3) is 0 Å². The van der Waals surface area contributed by atoms with Crippen molar-refractivity contribution in [1.82, 2.24) is 4.98 Å². The summed E-state index contributed by atoms with van der Waals surface area (Å²) in [4.78, 5) is 8.25. The number of nitrogens with zero attached hydrogens (tertiary/aromatic N) is 1. The highest BCUT2D eigenvalue weighted by Crippen LogP contribution is 2.10. The molecule has 1 rings (SSSR count). The lowest BCUT2D eigenvalue weighted by molar-refractivity contribution is 0.0470. The minimum Gasteiger partial charge on any atom is -0.446 e. The largest absolute Gasteiger partial charge is 0.446 e. The molecule has 2 N–H and O–H groups in total. The standard InChI is InChI=1S/C5H8N2O2/c1-4(9-6)5-7-2-3-8-5/h2-4H,6H2,1H3. The highest BCUT2D eigenvalue weighted by atomic mass is 16.6. The van der Waals surface area contributed by atoms with E-state index in [2.05, 4.69) is 9.82 Å². The first-order valence-corrected chi connectivity index (χ1v) is 2.59. The molecule has 1 aromatic heterocycles. The first kappa shape index (κ1) is 6.25. The van der Waals surface area contributed by atoms with Crippen molar-refractivity contribution in [3.05, 3.63) is 18.4 Å². The van der Waals surface area contributed by atoms with Crippen LogP contribution >= 0.6 is 0 Å². The molecule has 0 saturated carbocycles. The number of rotatable bonds is 2. The van der Waals surface area contributed by atoms with Gasteiger partial charge in [0.2, 0.25) is 5.89 Å². The van der Waals surface area contributed by atoms with Crippen molar-refractivity contribution in [3.63, 3.8) is 0 Å². The van der Waals surface area contributed by atoms with E-state index in [1.807, 2.05) is 0 Å². The van der Waals surface area contributed by atoms with Crippen LogP contribution in [-0.4, -0.2) is 4.98 Å². The van der Waals surface area contributed by atoms with Crippen molar-refractivity contribution in [2.45, 2.75) is 13.0 Å². The number of aromatic nitrogens is 1. The molecular weight excluding hydrogens is 120 g/mol. The van der Waals surface area contributed by atoms with Crippen molar-refractivity contribution in [3.8, 4) is 0 Å². The molecule has 1 aromatic rings. The van der Waals surface area contributed by atoms with Gasteiger partial charge in [0.15, 0.2) is 6.10 Å². The molecule has 4 nitrogen and oxygen atoms in total. The Kier molecular flexibility index (Phi) is 1.81. The van der Waals surface area contributed by atoms with Gasteiger partial charge in [-0.25, -0.2) is 10.9 Å². The maximum Gasteiger partial charge on any atom is 0.224 e. The van der Waals surface area contributed by atoms with Crippen LogP contribution in [0.5, 0.6) is 0 Å². The van der Waals surface area contributed by atoms with Gasteiger partial charge in [-0.3, -0.25) is 4.84 Å². The fourth-order valence-corrected chi connectivity index (χ4v) is 0.493. The second-order valence-corrected chi connectivity index (χ2v) is 1.65. The van der Waals surface area contributed by atoms with Gasteiger partial charge in [-0.15, -0.1) is 0 Å². The minimum atomic E-state index is -0.264. The maximum atomic E-state index is 4.87. The van der Waals surface area contributed by atoms with Gasteiger partial charge in [0, 0.05) is 0 Å². The van der Waals surface area contributed by atoms with Gasteiger partial charge in [0.05, 0.1) is 6.20 Å². The third kappa shape index (κ3) is 1.28. The zero-order valence-electron chi connectivity index (χ0n) is 5.07. The fraction of sp³-hybridized carbons (Fsp3) is 0.400. The van der Waals surface area contributed by atoms with Gasteiger partial charge < -0.3 is 4.42 Å². The molecule has 0 aliphatic rings. The quantitative estimate of drug-likeness (QED) is 0.593. The van der Waals surface area contributed by atoms with Crippen LogP contribution in [0, 0.1) is 0 Å². The normalized spacial score (nSPS) is 13.6. The zero-order chi connectivity index (χ0) is 6.69. The Hall–Kier alpha value is -0.870. The molecule has 4 heteroatoms. The van der Waals surface area contributed by atoms with Gasteiger partial charge in [0.1, 0.15) is 6.26 Å². The summed E-state index contributed by atoms with van der Waals surface area (Å²) in [6.07, 6.45) is 2.76. The minimum absolute atomic E-state index is 0.264. The summed E-state index contributed by atoms with van der Waals surface area (Å²) >= 11 is 0. The first-order valence-electron chi connectivity index (χ1n) is 2.59. The third-order valence-electron chi connectivity index (χ3n) is 1.00. The van der Waals surface area contributed by atoms with E-state index < -0.39 is 0 Å². The lowest BCUT2D eigenvalue weighted by Gasteiger charge is -2.00. The van der Waals surface area contributed by atoms with Crippen LogP contribution in [0.1, 0.15) is 18.9 Å². The van der Waals surface area contributed by atoms with E-state index in [1.54, 1.807) is 13.1 Å². The molecule has 9 heavy (non-hydrogen) atoms. The maximum absolute atomic E-state index is 4.87. The second kappa shape index (κ2) is 2.61. The molecule has 1 atom stereocenters. The van der Waals surface area contributed by atoms with E-state index in [4.69, 9.17) is 10.3 Å². The van der Waals surface area contributed by atoms with Crippen LogP contribution in [0.4, 0.5) is 0 Å².